The number of aliphatic imine (C=N–C) groups is 1. The van der Waals surface area contributed by atoms with Crippen molar-refractivity contribution in [2.75, 3.05) is 13.2 Å². The zero-order valence-electron chi connectivity index (χ0n) is 10.6. The summed E-state index contributed by atoms with van der Waals surface area (Å²) in [5.74, 6) is 1.02. The number of hydrogen-bond acceptors (Lipinski definition) is 2. The van der Waals surface area contributed by atoms with Crippen LogP contribution in [0.2, 0.25) is 0 Å². The molecule has 4 heteroatoms. The molecule has 17 heavy (non-hydrogen) atoms. The molecule has 2 rings (SSSR count). The molecule has 3 N–H and O–H groups in total. The number of nitrogens with zero attached hydrogens (tertiary/aromatic N) is 1. The Morgan fingerprint density at radius 3 is 2.82 bits per heavy atom. The molecule has 0 radical (unpaired) electrons. The minimum Gasteiger partial charge on any atom is -0.374 e. The largest absolute Gasteiger partial charge is 0.374 e. The molecule has 96 valence electrons. The van der Waals surface area contributed by atoms with E-state index in [4.69, 9.17) is 10.5 Å². The van der Waals surface area contributed by atoms with Crippen molar-refractivity contribution in [2.24, 2.45) is 16.6 Å². The van der Waals surface area contributed by atoms with Crippen LogP contribution in [0.15, 0.2) is 17.1 Å². The molecule has 1 heterocycles. The van der Waals surface area contributed by atoms with E-state index < -0.39 is 0 Å². The van der Waals surface area contributed by atoms with Gasteiger partial charge in [-0.1, -0.05) is 12.2 Å². The monoisotopic (exact) mass is 237 g/mol. The van der Waals surface area contributed by atoms with E-state index in [-0.39, 0.29) is 6.10 Å². The minimum absolute atomic E-state index is 0.162. The average Bonchev–Trinajstić information content (AvgIpc) is 2.68. The normalized spacial score (nSPS) is 30.1. The lowest BCUT2D eigenvalue weighted by Gasteiger charge is -2.27. The standard InChI is InChI=1S/C13H23N3O/c1-9(2)12-10(6-7-17-12)8-15-13(14)16-11-4-3-5-11/h10-12H,1,3-8H2,2H3,(H3,14,15,16). The van der Waals surface area contributed by atoms with Crippen molar-refractivity contribution in [2.45, 2.75) is 44.8 Å². The SMILES string of the molecule is C=C(C)C1OCCC1CN=C(N)NC1CCC1. The number of nitrogens with one attached hydrogen (secondary N) is 1. The highest BCUT2D eigenvalue weighted by Crippen LogP contribution is 2.26. The van der Waals surface area contributed by atoms with E-state index in [9.17, 15) is 0 Å². The molecule has 0 aromatic heterocycles. The third-order valence-electron chi connectivity index (χ3n) is 3.65. The fourth-order valence-corrected chi connectivity index (χ4v) is 2.39. The number of nitrogens with two attached hydrogens (primary N) is 1. The van der Waals surface area contributed by atoms with E-state index in [0.717, 1.165) is 25.1 Å². The molecule has 0 amide bonds. The molecule has 0 bridgehead atoms. The molecule has 4 nitrogen and oxygen atoms in total. The molecule has 1 saturated carbocycles. The van der Waals surface area contributed by atoms with Crippen LogP contribution >= 0.6 is 0 Å². The van der Waals surface area contributed by atoms with Crippen LogP contribution in [0.4, 0.5) is 0 Å². The van der Waals surface area contributed by atoms with Crippen molar-refractivity contribution in [3.05, 3.63) is 12.2 Å². The van der Waals surface area contributed by atoms with Gasteiger partial charge in [0.05, 0.1) is 6.10 Å². The lowest BCUT2D eigenvalue weighted by Crippen LogP contribution is -2.44. The summed E-state index contributed by atoms with van der Waals surface area (Å²) in [4.78, 5) is 4.42. The lowest BCUT2D eigenvalue weighted by molar-refractivity contribution is 0.120. The van der Waals surface area contributed by atoms with Gasteiger partial charge in [0.15, 0.2) is 5.96 Å². The zero-order valence-corrected chi connectivity index (χ0v) is 10.6. The summed E-state index contributed by atoms with van der Waals surface area (Å²) in [7, 11) is 0. The Hall–Kier alpha value is -1.03. The van der Waals surface area contributed by atoms with Gasteiger partial charge in [-0.2, -0.15) is 0 Å². The molecule has 0 aromatic carbocycles. The van der Waals surface area contributed by atoms with Crippen LogP contribution in [-0.2, 0) is 4.74 Å². The second kappa shape index (κ2) is 5.54. The smallest absolute Gasteiger partial charge is 0.188 e. The van der Waals surface area contributed by atoms with Gasteiger partial charge in [0.25, 0.3) is 0 Å². The Morgan fingerprint density at radius 2 is 2.24 bits per heavy atom. The summed E-state index contributed by atoms with van der Waals surface area (Å²) in [6.45, 7) is 7.53. The third kappa shape index (κ3) is 3.22. The van der Waals surface area contributed by atoms with Crippen LogP contribution in [-0.4, -0.2) is 31.3 Å². The summed E-state index contributed by atoms with van der Waals surface area (Å²) >= 11 is 0. The van der Waals surface area contributed by atoms with Crippen LogP contribution < -0.4 is 11.1 Å². The Kier molecular flexibility index (Phi) is 4.05. The van der Waals surface area contributed by atoms with Gasteiger partial charge in [-0.05, 0) is 32.6 Å². The predicted molar refractivity (Wildman–Crippen MR) is 69.9 cm³/mol. The van der Waals surface area contributed by atoms with E-state index in [2.05, 4.69) is 16.9 Å². The van der Waals surface area contributed by atoms with Gasteiger partial charge in [0, 0.05) is 25.1 Å². The molecule has 1 aliphatic heterocycles. The first kappa shape index (κ1) is 12.4. The van der Waals surface area contributed by atoms with Crippen molar-refractivity contribution >= 4 is 5.96 Å². The molecule has 0 aromatic rings. The van der Waals surface area contributed by atoms with Crippen molar-refractivity contribution < 1.29 is 4.74 Å². The maximum absolute atomic E-state index is 5.86. The molecule has 2 aliphatic rings. The fraction of sp³-hybridized carbons (Fsp3) is 0.769. The molecule has 1 saturated heterocycles. The minimum atomic E-state index is 0.162. The second-order valence-corrected chi connectivity index (χ2v) is 5.18. The lowest BCUT2D eigenvalue weighted by atomic mass is 9.93. The zero-order chi connectivity index (χ0) is 12.3. The van der Waals surface area contributed by atoms with Gasteiger partial charge < -0.3 is 15.8 Å². The summed E-state index contributed by atoms with van der Waals surface area (Å²) < 4.78 is 5.64. The quantitative estimate of drug-likeness (QED) is 0.442. The molecule has 2 atom stereocenters. The van der Waals surface area contributed by atoms with Crippen molar-refractivity contribution in [3.63, 3.8) is 0 Å². The molecule has 2 fully saturated rings. The second-order valence-electron chi connectivity index (χ2n) is 5.18. The molecular formula is C13H23N3O. The van der Waals surface area contributed by atoms with Gasteiger partial charge in [0.1, 0.15) is 0 Å². The van der Waals surface area contributed by atoms with E-state index in [0.29, 0.717) is 17.9 Å². The first-order valence-corrected chi connectivity index (χ1v) is 6.50. The number of guanidine groups is 1. The van der Waals surface area contributed by atoms with Crippen molar-refractivity contribution in [1.29, 1.82) is 0 Å². The summed E-state index contributed by atoms with van der Waals surface area (Å²) in [5, 5.41) is 3.25. The van der Waals surface area contributed by atoms with Crippen LogP contribution in [0, 0.1) is 5.92 Å². The van der Waals surface area contributed by atoms with Gasteiger partial charge >= 0.3 is 0 Å². The highest BCUT2D eigenvalue weighted by molar-refractivity contribution is 5.78. The first-order chi connectivity index (χ1) is 8.16. The Bertz CT molecular complexity index is 310. The van der Waals surface area contributed by atoms with Crippen LogP contribution in [0.1, 0.15) is 32.6 Å². The highest BCUT2D eigenvalue weighted by atomic mass is 16.5. The number of hydrogen-bond donors (Lipinski definition) is 2. The van der Waals surface area contributed by atoms with E-state index in [1.807, 2.05) is 6.92 Å². The topological polar surface area (TPSA) is 59.6 Å². The van der Waals surface area contributed by atoms with Crippen LogP contribution in [0.3, 0.4) is 0 Å². The molecule has 0 spiro atoms. The van der Waals surface area contributed by atoms with Gasteiger partial charge in [0.2, 0.25) is 0 Å². The Balaban J connectivity index is 1.79. The summed E-state index contributed by atoms with van der Waals surface area (Å²) in [5.41, 5.74) is 6.95. The summed E-state index contributed by atoms with van der Waals surface area (Å²) in [6, 6.07) is 0.551. The predicted octanol–water partition coefficient (Wildman–Crippen LogP) is 1.42. The van der Waals surface area contributed by atoms with Crippen molar-refractivity contribution in [1.82, 2.24) is 5.32 Å². The van der Waals surface area contributed by atoms with Crippen LogP contribution in [0.5, 0.6) is 0 Å². The Labute approximate surface area is 103 Å². The van der Waals surface area contributed by atoms with Gasteiger partial charge in [-0.15, -0.1) is 0 Å². The maximum Gasteiger partial charge on any atom is 0.188 e. The first-order valence-electron chi connectivity index (χ1n) is 6.50. The van der Waals surface area contributed by atoms with E-state index in [1.54, 1.807) is 0 Å². The van der Waals surface area contributed by atoms with Crippen molar-refractivity contribution in [3.8, 4) is 0 Å². The number of ether oxygens (including phenoxy) is 1. The fourth-order valence-electron chi connectivity index (χ4n) is 2.39. The van der Waals surface area contributed by atoms with E-state index >= 15 is 0 Å². The van der Waals surface area contributed by atoms with Gasteiger partial charge in [-0.3, -0.25) is 4.99 Å². The maximum atomic E-state index is 5.86. The summed E-state index contributed by atoms with van der Waals surface area (Å²) in [6.07, 6.45) is 4.96. The Morgan fingerprint density at radius 1 is 1.47 bits per heavy atom. The number of rotatable bonds is 4. The molecular weight excluding hydrogens is 214 g/mol. The third-order valence-corrected chi connectivity index (χ3v) is 3.65. The van der Waals surface area contributed by atoms with Gasteiger partial charge in [-0.25, -0.2) is 0 Å². The molecule has 1 aliphatic carbocycles. The van der Waals surface area contributed by atoms with E-state index in [1.165, 1.54) is 19.3 Å². The molecule has 2 unspecified atom stereocenters. The highest BCUT2D eigenvalue weighted by Gasteiger charge is 2.28. The van der Waals surface area contributed by atoms with Crippen LogP contribution in [0.25, 0.3) is 0 Å². The average molecular weight is 237 g/mol.